The first kappa shape index (κ1) is 15.5. The van der Waals surface area contributed by atoms with Crippen LogP contribution in [0.3, 0.4) is 0 Å². The fourth-order valence-electron chi connectivity index (χ4n) is 3.24. The van der Waals surface area contributed by atoms with Crippen LogP contribution in [0.15, 0.2) is 24.3 Å². The molecule has 0 radical (unpaired) electrons. The van der Waals surface area contributed by atoms with Gasteiger partial charge in [0.05, 0.1) is 5.75 Å². The van der Waals surface area contributed by atoms with Crippen molar-refractivity contribution in [3.05, 3.63) is 35.4 Å². The van der Waals surface area contributed by atoms with Crippen LogP contribution in [-0.4, -0.2) is 61.4 Å². The monoisotopic (exact) mass is 322 g/mol. The van der Waals surface area contributed by atoms with Crippen molar-refractivity contribution in [2.75, 3.05) is 31.3 Å². The van der Waals surface area contributed by atoms with E-state index in [-0.39, 0.29) is 17.5 Å². The molecule has 2 aliphatic heterocycles. The summed E-state index contributed by atoms with van der Waals surface area (Å²) >= 11 is 0. The van der Waals surface area contributed by atoms with Gasteiger partial charge in [0.1, 0.15) is 5.88 Å². The number of carbonyl (C=O) groups is 1. The van der Waals surface area contributed by atoms with Crippen LogP contribution in [0.25, 0.3) is 0 Å². The van der Waals surface area contributed by atoms with E-state index in [0.717, 1.165) is 24.0 Å². The maximum absolute atomic E-state index is 12.5. The number of rotatable bonds is 2. The average Bonchev–Trinajstić information content (AvgIpc) is 2.88. The third-order valence-electron chi connectivity index (χ3n) is 4.62. The summed E-state index contributed by atoms with van der Waals surface area (Å²) in [6, 6.07) is 7.94. The lowest BCUT2D eigenvalue weighted by molar-refractivity contribution is 0.0649. The van der Waals surface area contributed by atoms with E-state index in [1.165, 1.54) is 0 Å². The molecule has 0 unspecified atom stereocenters. The molecule has 1 amide bonds. The van der Waals surface area contributed by atoms with Crippen LogP contribution < -0.4 is 0 Å². The Kier molecular flexibility index (Phi) is 4.23. The minimum atomic E-state index is -2.88. The molecule has 6 heteroatoms. The number of hydrogen-bond donors (Lipinski definition) is 0. The Hall–Kier alpha value is -1.40. The molecule has 0 saturated carbocycles. The summed E-state index contributed by atoms with van der Waals surface area (Å²) in [5, 5.41) is 0. The van der Waals surface area contributed by atoms with Crippen LogP contribution in [0.5, 0.6) is 0 Å². The summed E-state index contributed by atoms with van der Waals surface area (Å²) in [6.45, 7) is 4.05. The number of sulfone groups is 1. The Labute approximate surface area is 131 Å². The highest BCUT2D eigenvalue weighted by molar-refractivity contribution is 7.91. The van der Waals surface area contributed by atoms with Crippen LogP contribution in [0.1, 0.15) is 28.8 Å². The minimum absolute atomic E-state index is 0.0764. The highest BCUT2D eigenvalue weighted by atomic mass is 32.2. The van der Waals surface area contributed by atoms with Crippen molar-refractivity contribution in [1.82, 2.24) is 9.80 Å². The van der Waals surface area contributed by atoms with Crippen molar-refractivity contribution < 1.29 is 13.2 Å². The number of piperidine rings is 1. The number of aryl methyl sites for hydroxylation is 1. The van der Waals surface area contributed by atoms with E-state index in [2.05, 4.69) is 4.90 Å². The van der Waals surface area contributed by atoms with Crippen LogP contribution in [0.4, 0.5) is 0 Å². The molecule has 2 saturated heterocycles. The van der Waals surface area contributed by atoms with Gasteiger partial charge in [0, 0.05) is 31.2 Å². The first-order valence-electron chi connectivity index (χ1n) is 7.75. The van der Waals surface area contributed by atoms with Gasteiger partial charge in [-0.25, -0.2) is 8.42 Å². The van der Waals surface area contributed by atoms with E-state index in [0.29, 0.717) is 25.7 Å². The Balaban J connectivity index is 1.57. The second-order valence-corrected chi connectivity index (χ2v) is 8.43. The molecule has 2 aliphatic rings. The van der Waals surface area contributed by atoms with E-state index >= 15 is 0 Å². The third kappa shape index (κ3) is 3.33. The smallest absolute Gasteiger partial charge is 0.253 e. The van der Waals surface area contributed by atoms with Crippen molar-refractivity contribution in [2.45, 2.75) is 25.8 Å². The second-order valence-electron chi connectivity index (χ2n) is 6.28. The van der Waals surface area contributed by atoms with Gasteiger partial charge >= 0.3 is 0 Å². The molecule has 0 aromatic heterocycles. The van der Waals surface area contributed by atoms with Crippen LogP contribution in [-0.2, 0) is 9.84 Å². The lowest BCUT2D eigenvalue weighted by Crippen LogP contribution is -2.46. The van der Waals surface area contributed by atoms with Gasteiger partial charge in [-0.05, 0) is 31.9 Å². The molecule has 1 aromatic rings. The van der Waals surface area contributed by atoms with E-state index < -0.39 is 9.84 Å². The Bertz CT molecular complexity index is 646. The standard InChI is InChI=1S/C16H22N2O3S/c1-13-2-4-14(5-3-13)16(19)17-8-6-15(7-9-17)18-10-11-22(20,21)12-18/h2-5,15H,6-12H2,1H3. The largest absolute Gasteiger partial charge is 0.339 e. The predicted molar refractivity (Wildman–Crippen MR) is 85.5 cm³/mol. The van der Waals surface area contributed by atoms with Crippen molar-refractivity contribution in [3.63, 3.8) is 0 Å². The molecule has 1 aromatic carbocycles. The lowest BCUT2D eigenvalue weighted by atomic mass is 10.0. The third-order valence-corrected chi connectivity index (χ3v) is 6.15. The highest BCUT2D eigenvalue weighted by Crippen LogP contribution is 2.22. The zero-order valence-corrected chi connectivity index (χ0v) is 13.7. The molecule has 0 spiro atoms. The lowest BCUT2D eigenvalue weighted by Gasteiger charge is -2.36. The van der Waals surface area contributed by atoms with Gasteiger partial charge in [0.25, 0.3) is 5.91 Å². The molecular formula is C16H22N2O3S. The van der Waals surface area contributed by atoms with Gasteiger partial charge in [0.2, 0.25) is 0 Å². The van der Waals surface area contributed by atoms with E-state index in [4.69, 9.17) is 0 Å². The van der Waals surface area contributed by atoms with Gasteiger partial charge < -0.3 is 4.90 Å². The maximum Gasteiger partial charge on any atom is 0.253 e. The van der Waals surface area contributed by atoms with Crippen LogP contribution >= 0.6 is 0 Å². The molecule has 0 bridgehead atoms. The van der Waals surface area contributed by atoms with E-state index in [1.54, 1.807) is 0 Å². The summed E-state index contributed by atoms with van der Waals surface area (Å²) in [6.07, 6.45) is 1.71. The Morgan fingerprint density at radius 1 is 1.09 bits per heavy atom. The predicted octanol–water partition coefficient (Wildman–Crippen LogP) is 1.29. The fourth-order valence-corrected chi connectivity index (χ4v) is 4.73. The molecule has 2 fully saturated rings. The molecule has 0 aliphatic carbocycles. The summed E-state index contributed by atoms with van der Waals surface area (Å²) < 4.78 is 23.1. The van der Waals surface area contributed by atoms with E-state index in [1.807, 2.05) is 36.1 Å². The van der Waals surface area contributed by atoms with Crippen molar-refractivity contribution >= 4 is 15.7 Å². The second kappa shape index (κ2) is 6.01. The van der Waals surface area contributed by atoms with Gasteiger partial charge in [-0.1, -0.05) is 17.7 Å². The topological polar surface area (TPSA) is 57.7 Å². The Morgan fingerprint density at radius 2 is 1.73 bits per heavy atom. The van der Waals surface area contributed by atoms with Gasteiger partial charge in [-0.3, -0.25) is 9.69 Å². The minimum Gasteiger partial charge on any atom is -0.339 e. The number of nitrogens with zero attached hydrogens (tertiary/aromatic N) is 2. The number of carbonyl (C=O) groups excluding carboxylic acids is 1. The van der Waals surface area contributed by atoms with Crippen LogP contribution in [0.2, 0.25) is 0 Å². The fraction of sp³-hybridized carbons (Fsp3) is 0.562. The summed E-state index contributed by atoms with van der Waals surface area (Å²) in [5.41, 5.74) is 1.87. The summed E-state index contributed by atoms with van der Waals surface area (Å²) in [4.78, 5) is 16.4. The van der Waals surface area contributed by atoms with Crippen molar-refractivity contribution in [3.8, 4) is 0 Å². The number of amides is 1. The summed E-state index contributed by atoms with van der Waals surface area (Å²) in [5.74, 6) is 0.534. The molecule has 22 heavy (non-hydrogen) atoms. The molecular weight excluding hydrogens is 300 g/mol. The zero-order valence-electron chi connectivity index (χ0n) is 12.9. The normalized spacial score (nSPS) is 22.9. The highest BCUT2D eigenvalue weighted by Gasteiger charge is 2.33. The quantitative estimate of drug-likeness (QED) is 0.823. The molecule has 0 atom stereocenters. The summed E-state index contributed by atoms with van der Waals surface area (Å²) in [7, 11) is -2.88. The first-order valence-corrected chi connectivity index (χ1v) is 9.57. The SMILES string of the molecule is Cc1ccc(C(=O)N2CCC(N3CCS(=O)(=O)C3)CC2)cc1. The van der Waals surface area contributed by atoms with Gasteiger partial charge in [-0.2, -0.15) is 0 Å². The number of likely N-dealkylation sites (tertiary alicyclic amines) is 1. The van der Waals surface area contributed by atoms with Crippen molar-refractivity contribution in [2.24, 2.45) is 0 Å². The molecule has 2 heterocycles. The Morgan fingerprint density at radius 3 is 2.27 bits per heavy atom. The first-order chi connectivity index (χ1) is 10.4. The van der Waals surface area contributed by atoms with Gasteiger partial charge in [0.15, 0.2) is 9.84 Å². The van der Waals surface area contributed by atoms with Crippen LogP contribution in [0, 0.1) is 6.92 Å². The van der Waals surface area contributed by atoms with E-state index in [9.17, 15) is 13.2 Å². The zero-order chi connectivity index (χ0) is 15.7. The number of benzene rings is 1. The van der Waals surface area contributed by atoms with Crippen molar-refractivity contribution in [1.29, 1.82) is 0 Å². The maximum atomic E-state index is 12.5. The number of hydrogen-bond acceptors (Lipinski definition) is 4. The van der Waals surface area contributed by atoms with Gasteiger partial charge in [-0.15, -0.1) is 0 Å². The molecule has 0 N–H and O–H groups in total. The molecule has 5 nitrogen and oxygen atoms in total. The molecule has 3 rings (SSSR count). The molecule has 120 valence electrons. The average molecular weight is 322 g/mol.